The Labute approximate surface area is 126 Å². The van der Waals surface area contributed by atoms with Gasteiger partial charge in [0, 0.05) is 0 Å². The lowest BCUT2D eigenvalue weighted by molar-refractivity contribution is 0.361. The summed E-state index contributed by atoms with van der Waals surface area (Å²) in [5.74, 6) is 1.67. The molecule has 124 valence electrons. The lowest BCUT2D eigenvalue weighted by atomic mass is 10.3. The fourth-order valence-electron chi connectivity index (χ4n) is 0. The molecule has 0 aliphatic rings. The number of hydrogen-bond acceptors (Lipinski definition) is 3. The van der Waals surface area contributed by atoms with Crippen molar-refractivity contribution in [1.82, 2.24) is 6.15 Å². The first kappa shape index (κ1) is 32.1. The lowest BCUT2D eigenvalue weighted by Gasteiger charge is -1.88. The largest absolute Gasteiger partial charge is 0.344 e. The van der Waals surface area contributed by atoms with Crippen LogP contribution in [0.4, 0.5) is 0 Å². The van der Waals surface area contributed by atoms with Crippen molar-refractivity contribution in [2.75, 3.05) is 0 Å². The third kappa shape index (κ3) is 5300. The van der Waals surface area contributed by atoms with Gasteiger partial charge >= 0.3 is 13.4 Å². The van der Waals surface area contributed by atoms with Gasteiger partial charge in [-0.3, -0.25) is 0 Å². The van der Waals surface area contributed by atoms with Crippen LogP contribution in [0.25, 0.3) is 0 Å². The van der Waals surface area contributed by atoms with Crippen LogP contribution in [0.3, 0.4) is 0 Å². The van der Waals surface area contributed by atoms with Crippen LogP contribution < -0.4 is 6.15 Å². The summed E-state index contributed by atoms with van der Waals surface area (Å²) in [6.07, 6.45) is 0. The molecule has 7 nitrogen and oxygen atoms in total. The Balaban J connectivity index is -0.0000000453. The van der Waals surface area contributed by atoms with Crippen LogP contribution >= 0.6 is 13.4 Å². The van der Waals surface area contributed by atoms with Gasteiger partial charge in [0.2, 0.25) is 0 Å². The highest BCUT2D eigenvalue weighted by Gasteiger charge is 1.92. The Morgan fingerprint density at radius 3 is 0.579 bits per heavy atom. The first-order valence-corrected chi connectivity index (χ1v) is 10.4. The van der Waals surface area contributed by atoms with E-state index in [1.54, 1.807) is 0 Å². The number of rotatable bonds is 0. The summed E-state index contributed by atoms with van der Waals surface area (Å²) in [4.78, 5) is 45.3. The van der Waals surface area contributed by atoms with E-state index < -0.39 is 13.4 Å². The van der Waals surface area contributed by atoms with Gasteiger partial charge in [0.25, 0.3) is 0 Å². The highest BCUT2D eigenvalue weighted by atomic mass is 32.5. The van der Waals surface area contributed by atoms with E-state index in [0.717, 1.165) is 11.8 Å². The fourth-order valence-corrected chi connectivity index (χ4v) is 0. The van der Waals surface area contributed by atoms with Gasteiger partial charge in [-0.05, 0) is 35.4 Å². The maximum Gasteiger partial charge on any atom is 0.319 e. The van der Waals surface area contributed by atoms with E-state index in [-0.39, 0.29) is 6.15 Å². The van der Waals surface area contributed by atoms with E-state index in [4.69, 9.17) is 29.4 Å². The van der Waals surface area contributed by atoms with Crippen LogP contribution in [0.1, 0.15) is 41.5 Å². The second kappa shape index (κ2) is 17.1. The van der Waals surface area contributed by atoms with Crippen LogP contribution in [0, 0.1) is 11.8 Å². The first-order valence-electron chi connectivity index (χ1n) is 5.03. The Bertz CT molecular complexity index is 206. The van der Waals surface area contributed by atoms with Crippen molar-refractivity contribution in [3.63, 3.8) is 0 Å². The van der Waals surface area contributed by atoms with E-state index in [1.165, 1.54) is 0 Å². The summed E-state index contributed by atoms with van der Waals surface area (Å²) in [6, 6.07) is 0. The number of hydrogen-bond donors (Lipinski definition) is 7. The lowest BCUT2D eigenvalue weighted by Crippen LogP contribution is -1.66. The zero-order valence-corrected chi connectivity index (χ0v) is 15.7. The maximum absolute atomic E-state index is 7.56. The average Bonchev–Trinajstić information content (AvgIpc) is 1.70. The molecule has 0 aliphatic heterocycles. The molecule has 0 fully saturated rings. The molecular weight excluding hydrogens is 332 g/mol. The second-order valence-electron chi connectivity index (χ2n) is 4.49. The second-order valence-corrected chi connectivity index (χ2v) is 9.48. The summed E-state index contributed by atoms with van der Waals surface area (Å²) >= 11 is 7.21. The van der Waals surface area contributed by atoms with Crippen LogP contribution in [0.15, 0.2) is 0 Å². The van der Waals surface area contributed by atoms with Gasteiger partial charge in [0.15, 0.2) is 0 Å². The molecule has 19 heavy (non-hydrogen) atoms. The third-order valence-corrected chi connectivity index (χ3v) is 0. The maximum atomic E-state index is 7.56. The SMILES string of the molecule is CC(C)C.CC(C)C.N.OP(O)(O)=S.OP(O)(O)=S. The summed E-state index contributed by atoms with van der Waals surface area (Å²) in [5, 5.41) is 0. The van der Waals surface area contributed by atoms with Gasteiger partial charge in [-0.1, -0.05) is 41.5 Å². The quantitative estimate of drug-likeness (QED) is 0.320. The molecule has 0 rings (SSSR count). The Morgan fingerprint density at radius 1 is 0.579 bits per heavy atom. The highest BCUT2D eigenvalue weighted by molar-refractivity contribution is 8.06. The monoisotopic (exact) mass is 361 g/mol. The molecule has 0 amide bonds. The van der Waals surface area contributed by atoms with E-state index in [0.29, 0.717) is 0 Å². The van der Waals surface area contributed by atoms with Gasteiger partial charge in [-0.25, -0.2) is 0 Å². The van der Waals surface area contributed by atoms with Crippen LogP contribution in [-0.4, -0.2) is 29.4 Å². The minimum Gasteiger partial charge on any atom is -0.344 e. The van der Waals surface area contributed by atoms with E-state index in [2.05, 4.69) is 65.2 Å². The molecule has 0 heterocycles. The molecular formula is C8H29NO6P2S2. The van der Waals surface area contributed by atoms with Crippen molar-refractivity contribution in [1.29, 1.82) is 0 Å². The smallest absolute Gasteiger partial charge is 0.319 e. The van der Waals surface area contributed by atoms with Gasteiger partial charge in [-0.15, -0.1) is 0 Å². The van der Waals surface area contributed by atoms with Gasteiger partial charge in [0.1, 0.15) is 0 Å². The zero-order chi connectivity index (χ0) is 16.2. The standard InChI is InChI=1S/2C4H10.H3N.2H3O3PS/c2*1-4(2)3;;2*1-4(2,3)5/h2*4H,1-3H3;1H3;2*(H3,1,2,3,5). The Hall–Kier alpha value is 1.02. The van der Waals surface area contributed by atoms with Crippen molar-refractivity contribution in [2.45, 2.75) is 41.5 Å². The zero-order valence-electron chi connectivity index (χ0n) is 12.3. The normalized spacial score (nSPS) is 10.0. The van der Waals surface area contributed by atoms with E-state index in [1.807, 2.05) is 0 Å². The van der Waals surface area contributed by atoms with Gasteiger partial charge < -0.3 is 35.5 Å². The van der Waals surface area contributed by atoms with Crippen LogP contribution in [0.2, 0.25) is 0 Å². The molecule has 0 saturated heterocycles. The third-order valence-electron chi connectivity index (χ3n) is 0. The summed E-state index contributed by atoms with van der Waals surface area (Å²) in [5.41, 5.74) is 0. The predicted molar refractivity (Wildman–Crippen MR) is 87.9 cm³/mol. The molecule has 9 N–H and O–H groups in total. The Morgan fingerprint density at radius 2 is 0.579 bits per heavy atom. The molecule has 0 aromatic carbocycles. The van der Waals surface area contributed by atoms with Crippen molar-refractivity contribution in [3.05, 3.63) is 0 Å². The summed E-state index contributed by atoms with van der Waals surface area (Å²) in [6.45, 7) is 5.39. The van der Waals surface area contributed by atoms with Gasteiger partial charge in [0.05, 0.1) is 0 Å². The first-order chi connectivity index (χ1) is 7.46. The van der Waals surface area contributed by atoms with Crippen molar-refractivity contribution in [3.8, 4) is 0 Å². The molecule has 11 heteroatoms. The molecule has 0 saturated carbocycles. The molecule has 0 unspecified atom stereocenters. The predicted octanol–water partition coefficient (Wildman–Crippen LogP) is 1.86. The minimum atomic E-state index is -3.81. The van der Waals surface area contributed by atoms with Crippen LogP contribution in [0.5, 0.6) is 0 Å². The minimum absolute atomic E-state index is 0. The highest BCUT2D eigenvalue weighted by Crippen LogP contribution is 2.26. The van der Waals surface area contributed by atoms with Crippen molar-refractivity contribution in [2.24, 2.45) is 11.8 Å². The topological polar surface area (TPSA) is 156 Å². The fraction of sp³-hybridized carbons (Fsp3) is 1.00. The summed E-state index contributed by atoms with van der Waals surface area (Å²) in [7, 11) is 0. The Kier molecular flexibility index (Phi) is 28.8. The molecule has 0 aromatic rings. The molecule has 0 spiro atoms. The molecule has 0 radical (unpaired) electrons. The van der Waals surface area contributed by atoms with Crippen molar-refractivity contribution < 1.29 is 29.4 Å². The summed E-state index contributed by atoms with van der Waals surface area (Å²) < 4.78 is 0. The van der Waals surface area contributed by atoms with Gasteiger partial charge in [-0.2, -0.15) is 0 Å². The van der Waals surface area contributed by atoms with E-state index >= 15 is 0 Å². The molecule has 0 aromatic heterocycles. The molecule has 0 bridgehead atoms. The average molecular weight is 361 g/mol. The molecule has 0 aliphatic carbocycles. The van der Waals surface area contributed by atoms with Crippen LogP contribution in [-0.2, 0) is 23.6 Å². The van der Waals surface area contributed by atoms with Crippen molar-refractivity contribution >= 4 is 37.1 Å². The van der Waals surface area contributed by atoms with E-state index in [9.17, 15) is 0 Å². The molecule has 0 atom stereocenters.